The smallest absolute Gasteiger partial charge is 0.355 e. The van der Waals surface area contributed by atoms with Crippen LogP contribution in [0, 0.1) is 0 Å². The number of carbonyl (C=O) groups is 2. The van der Waals surface area contributed by atoms with E-state index in [1.165, 1.54) is 45.6 Å². The molecule has 4 atom stereocenters. The largest absolute Gasteiger partial charge is 0.450 e. The average molecular weight is 574 g/mol. The Morgan fingerprint density at radius 1 is 0.875 bits per heavy atom. The van der Waals surface area contributed by atoms with Crippen molar-refractivity contribution >= 4 is 19.5 Å². The van der Waals surface area contributed by atoms with E-state index in [0.29, 0.717) is 4.57 Å². The number of esters is 1. The molecule has 0 amide bonds. The Kier molecular flexibility index (Phi) is 9.25. The lowest BCUT2D eigenvalue weighted by Gasteiger charge is -2.24. The van der Waals surface area contributed by atoms with Crippen molar-refractivity contribution in [3.8, 4) is 0 Å². The Balaban J connectivity index is 1.72. The summed E-state index contributed by atoms with van der Waals surface area (Å²) >= 11 is 0. The van der Waals surface area contributed by atoms with Crippen molar-refractivity contribution in [1.82, 2.24) is 9.13 Å². The van der Waals surface area contributed by atoms with Gasteiger partial charge < -0.3 is 28.0 Å². The Morgan fingerprint density at radius 3 is 2.05 bits per heavy atom. The van der Waals surface area contributed by atoms with Gasteiger partial charge in [0.2, 0.25) is 6.29 Å². The lowest BCUT2D eigenvalue weighted by molar-refractivity contribution is -0.170. The van der Waals surface area contributed by atoms with E-state index < -0.39 is 61.8 Å². The first-order valence-electron chi connectivity index (χ1n) is 11.9. The minimum absolute atomic E-state index is 0.112. The van der Waals surface area contributed by atoms with Gasteiger partial charge in [-0.15, -0.1) is 0 Å². The molecule has 4 rings (SSSR count). The van der Waals surface area contributed by atoms with Gasteiger partial charge in [0.1, 0.15) is 6.10 Å². The van der Waals surface area contributed by atoms with Gasteiger partial charge in [0, 0.05) is 39.2 Å². The zero-order valence-corrected chi connectivity index (χ0v) is 22.7. The number of hydrogen-bond acceptors (Lipinski definition) is 11. The Labute approximate surface area is 228 Å². The fourth-order valence-corrected chi connectivity index (χ4v) is 4.72. The van der Waals surface area contributed by atoms with Gasteiger partial charge in [-0.2, -0.15) is 4.57 Å². The van der Waals surface area contributed by atoms with Crippen LogP contribution in [0.25, 0.3) is 0 Å². The Morgan fingerprint density at radius 2 is 1.48 bits per heavy atom. The molecule has 0 saturated carbocycles. The third kappa shape index (κ3) is 6.04. The molecule has 13 nitrogen and oxygen atoms in total. The van der Waals surface area contributed by atoms with Crippen LogP contribution < -0.4 is 11.2 Å². The van der Waals surface area contributed by atoms with Crippen LogP contribution in [0.4, 0.5) is 0 Å². The minimum atomic E-state index is -3.69. The normalized spacial score (nSPS) is 20.8. The molecule has 14 heteroatoms. The fraction of sp³-hybridized carbons (Fsp3) is 0.308. The van der Waals surface area contributed by atoms with E-state index in [-0.39, 0.29) is 11.1 Å². The van der Waals surface area contributed by atoms with Crippen LogP contribution >= 0.6 is 7.60 Å². The summed E-state index contributed by atoms with van der Waals surface area (Å²) in [7, 11) is -0.0557. The standard InChI is InChI=1S/C26H27N2O11P/c1-34-20-21(38-24(31)18-12-8-5-9-13-18)25(37-16-40(33,35-2)36-3)39-23(20)27-15-14-19(29)28(26(27)32)22(30)17-10-6-4-7-11-17/h4-15,20-21,23,25H,16H2,1-3H3/t20?,21?,23-,25+/m1/s1. The summed E-state index contributed by atoms with van der Waals surface area (Å²) in [6.07, 6.45) is -4.67. The van der Waals surface area contributed by atoms with Crippen LogP contribution in [0.3, 0.4) is 0 Å². The second kappa shape index (κ2) is 12.6. The number of hydrogen-bond donors (Lipinski definition) is 0. The zero-order valence-electron chi connectivity index (χ0n) is 21.8. The average Bonchev–Trinajstić information content (AvgIpc) is 3.33. The van der Waals surface area contributed by atoms with Crippen LogP contribution in [-0.2, 0) is 32.6 Å². The number of methoxy groups -OCH3 is 1. The van der Waals surface area contributed by atoms with Gasteiger partial charge in [0.25, 0.3) is 11.5 Å². The molecule has 2 unspecified atom stereocenters. The maximum atomic E-state index is 13.5. The molecule has 0 aliphatic carbocycles. The first kappa shape index (κ1) is 29.3. The van der Waals surface area contributed by atoms with E-state index in [4.69, 9.17) is 28.0 Å². The molecule has 0 spiro atoms. The molecule has 212 valence electrons. The molecular formula is C26H27N2O11P. The predicted molar refractivity (Wildman–Crippen MR) is 139 cm³/mol. The number of rotatable bonds is 10. The van der Waals surface area contributed by atoms with E-state index in [9.17, 15) is 23.7 Å². The second-order valence-electron chi connectivity index (χ2n) is 8.45. The zero-order chi connectivity index (χ0) is 28.9. The van der Waals surface area contributed by atoms with E-state index in [0.717, 1.165) is 16.8 Å². The van der Waals surface area contributed by atoms with Gasteiger partial charge in [-0.3, -0.25) is 18.7 Å². The molecule has 40 heavy (non-hydrogen) atoms. The van der Waals surface area contributed by atoms with Crippen molar-refractivity contribution in [3.05, 3.63) is 105 Å². The highest BCUT2D eigenvalue weighted by molar-refractivity contribution is 7.53. The third-order valence-electron chi connectivity index (χ3n) is 6.13. The van der Waals surface area contributed by atoms with Gasteiger partial charge in [0.15, 0.2) is 18.7 Å². The number of ether oxygens (including phenoxy) is 4. The quantitative estimate of drug-likeness (QED) is 0.259. The second-order valence-corrected chi connectivity index (χ2v) is 10.7. The number of aromatic nitrogens is 2. The van der Waals surface area contributed by atoms with Crippen molar-refractivity contribution < 1.29 is 42.1 Å². The summed E-state index contributed by atoms with van der Waals surface area (Å²) in [5.41, 5.74) is -1.55. The van der Waals surface area contributed by atoms with Crippen LogP contribution in [0.5, 0.6) is 0 Å². The van der Waals surface area contributed by atoms with E-state index in [1.54, 1.807) is 36.4 Å². The lowest BCUT2D eigenvalue weighted by atomic mass is 10.2. The molecule has 1 aliphatic rings. The van der Waals surface area contributed by atoms with Gasteiger partial charge in [-0.1, -0.05) is 36.4 Å². The van der Waals surface area contributed by atoms with Crippen LogP contribution in [0.1, 0.15) is 26.9 Å². The maximum absolute atomic E-state index is 13.5. The Bertz CT molecular complexity index is 1500. The summed E-state index contributed by atoms with van der Waals surface area (Å²) in [6.45, 7) is 0. The molecule has 1 aliphatic heterocycles. The van der Waals surface area contributed by atoms with E-state index >= 15 is 0 Å². The summed E-state index contributed by atoms with van der Waals surface area (Å²) in [6, 6.07) is 16.9. The van der Waals surface area contributed by atoms with E-state index in [2.05, 4.69) is 0 Å². The maximum Gasteiger partial charge on any atom is 0.355 e. The van der Waals surface area contributed by atoms with Crippen molar-refractivity contribution in [3.63, 3.8) is 0 Å². The van der Waals surface area contributed by atoms with Crippen molar-refractivity contribution in [2.45, 2.75) is 24.7 Å². The van der Waals surface area contributed by atoms with Gasteiger partial charge in [0.05, 0.1) is 5.56 Å². The number of carbonyl (C=O) groups excluding carboxylic acids is 2. The van der Waals surface area contributed by atoms with Gasteiger partial charge >= 0.3 is 19.3 Å². The molecule has 0 N–H and O–H groups in total. The lowest BCUT2D eigenvalue weighted by Crippen LogP contribution is -2.46. The first-order valence-corrected chi connectivity index (χ1v) is 13.7. The topological polar surface area (TPSA) is 151 Å². The highest BCUT2D eigenvalue weighted by Gasteiger charge is 2.50. The number of benzene rings is 2. The molecule has 1 aromatic heterocycles. The van der Waals surface area contributed by atoms with E-state index in [1.807, 2.05) is 0 Å². The van der Waals surface area contributed by atoms with Crippen LogP contribution in [0.2, 0.25) is 0 Å². The fourth-order valence-electron chi connectivity index (χ4n) is 4.03. The summed E-state index contributed by atoms with van der Waals surface area (Å²) < 4.78 is 46.6. The summed E-state index contributed by atoms with van der Waals surface area (Å²) in [5, 5.41) is 0. The predicted octanol–water partition coefficient (Wildman–Crippen LogP) is 2.25. The first-order chi connectivity index (χ1) is 19.2. The molecule has 3 aromatic rings. The molecule has 2 heterocycles. The molecule has 0 bridgehead atoms. The molecule has 0 radical (unpaired) electrons. The third-order valence-corrected chi connectivity index (χ3v) is 7.71. The van der Waals surface area contributed by atoms with Crippen molar-refractivity contribution in [2.75, 3.05) is 27.7 Å². The van der Waals surface area contributed by atoms with Crippen molar-refractivity contribution in [1.29, 1.82) is 0 Å². The summed E-state index contributed by atoms with van der Waals surface area (Å²) in [4.78, 5) is 52.0. The van der Waals surface area contributed by atoms with Gasteiger partial charge in [-0.25, -0.2) is 9.59 Å². The minimum Gasteiger partial charge on any atom is -0.450 e. The summed E-state index contributed by atoms with van der Waals surface area (Å²) in [5.74, 6) is -1.60. The molecule has 2 aromatic carbocycles. The molecular weight excluding hydrogens is 547 g/mol. The van der Waals surface area contributed by atoms with Crippen LogP contribution in [0.15, 0.2) is 82.5 Å². The van der Waals surface area contributed by atoms with Crippen molar-refractivity contribution in [2.24, 2.45) is 0 Å². The molecule has 1 fully saturated rings. The number of nitrogens with zero attached hydrogens (tertiary/aromatic N) is 2. The molecule has 1 saturated heterocycles. The highest BCUT2D eigenvalue weighted by atomic mass is 31.2. The highest BCUT2D eigenvalue weighted by Crippen LogP contribution is 2.47. The monoisotopic (exact) mass is 574 g/mol. The SMILES string of the molecule is COC1C(OC(=O)c2ccccc2)[C@@H](OCP(=O)(OC)OC)O[C@H]1n1ccc(=O)n(C(=O)c2ccccc2)c1=O. The Hall–Kier alpha value is -3.71. The van der Waals surface area contributed by atoms with Gasteiger partial charge in [-0.05, 0) is 24.3 Å². The van der Waals surface area contributed by atoms with Crippen LogP contribution in [-0.4, -0.2) is 67.2 Å².